The third kappa shape index (κ3) is 5.84. The number of nitrogens with one attached hydrogen (secondary N) is 2. The second-order valence-corrected chi connectivity index (χ2v) is 9.00. The molecule has 2 amide bonds. The number of carbonyl (C=O) groups is 2. The van der Waals surface area contributed by atoms with Crippen molar-refractivity contribution in [2.24, 2.45) is 0 Å². The van der Waals surface area contributed by atoms with Gasteiger partial charge in [-0.1, -0.05) is 18.2 Å². The van der Waals surface area contributed by atoms with Gasteiger partial charge in [-0.2, -0.15) is 18.3 Å². The molecule has 0 saturated carbocycles. The first-order valence-corrected chi connectivity index (χ1v) is 11.7. The van der Waals surface area contributed by atoms with E-state index in [1.54, 1.807) is 6.92 Å². The number of cyclic esters (lactones) is 1. The van der Waals surface area contributed by atoms with Crippen LogP contribution in [-0.2, 0) is 15.7 Å². The summed E-state index contributed by atoms with van der Waals surface area (Å²) in [6.45, 7) is 3.34. The Labute approximate surface area is 215 Å². The standard InChI is InChI=1S/C26H25F4N5O3/c1-15(35-13-17(11-33-35)20-5-3-4-6-22(20)26(28,29)30)9-24(31)21-8-7-18(10-23(21)27)34-14-19(38-25(34)37)12-32-16(2)36/h3-8,10-11,13,15,19,31H,9,12,14H2,1-2H3,(H,32,36)/t15?,19-/m0/s1. The summed E-state index contributed by atoms with van der Waals surface area (Å²) in [4.78, 5) is 24.5. The topological polar surface area (TPSA) is 100 Å². The molecule has 0 bridgehead atoms. The fraction of sp³-hybridized carbons (Fsp3) is 0.308. The zero-order valence-corrected chi connectivity index (χ0v) is 20.6. The molecule has 12 heteroatoms. The number of anilines is 1. The third-order valence-electron chi connectivity index (χ3n) is 6.14. The van der Waals surface area contributed by atoms with Crippen LogP contribution in [0.5, 0.6) is 0 Å². The minimum atomic E-state index is -4.52. The van der Waals surface area contributed by atoms with Crippen molar-refractivity contribution in [2.75, 3.05) is 18.0 Å². The van der Waals surface area contributed by atoms with Crippen molar-refractivity contribution in [2.45, 2.75) is 38.6 Å². The molecule has 2 N–H and O–H groups in total. The molecule has 8 nitrogen and oxygen atoms in total. The Morgan fingerprint density at radius 2 is 2.00 bits per heavy atom. The van der Waals surface area contributed by atoms with Crippen LogP contribution in [0.3, 0.4) is 0 Å². The smallest absolute Gasteiger partial charge is 0.417 e. The van der Waals surface area contributed by atoms with Crippen LogP contribution in [0.15, 0.2) is 54.9 Å². The highest BCUT2D eigenvalue weighted by Gasteiger charge is 2.34. The van der Waals surface area contributed by atoms with Gasteiger partial charge in [0, 0.05) is 36.4 Å². The molecule has 3 aromatic rings. The van der Waals surface area contributed by atoms with Gasteiger partial charge in [-0.05, 0) is 36.8 Å². The maximum atomic E-state index is 15.0. The number of ether oxygens (including phenoxy) is 1. The van der Waals surface area contributed by atoms with E-state index in [4.69, 9.17) is 10.1 Å². The molecular formula is C26H25F4N5O3. The minimum Gasteiger partial charge on any atom is -0.442 e. The summed E-state index contributed by atoms with van der Waals surface area (Å²) in [5.41, 5.74) is -0.261. The summed E-state index contributed by atoms with van der Waals surface area (Å²) >= 11 is 0. The van der Waals surface area contributed by atoms with Crippen LogP contribution in [0.4, 0.5) is 28.0 Å². The van der Waals surface area contributed by atoms with E-state index < -0.39 is 35.8 Å². The largest absolute Gasteiger partial charge is 0.442 e. The van der Waals surface area contributed by atoms with Crippen LogP contribution in [-0.4, -0.2) is 46.7 Å². The molecule has 1 aliphatic rings. The van der Waals surface area contributed by atoms with Gasteiger partial charge in [0.25, 0.3) is 0 Å². The number of halogens is 4. The number of carbonyl (C=O) groups excluding carboxylic acids is 2. The zero-order valence-electron chi connectivity index (χ0n) is 20.6. The fourth-order valence-corrected chi connectivity index (χ4v) is 4.21. The lowest BCUT2D eigenvalue weighted by Crippen LogP contribution is -2.33. The van der Waals surface area contributed by atoms with Crippen molar-refractivity contribution < 1.29 is 31.9 Å². The molecule has 2 heterocycles. The summed E-state index contributed by atoms with van der Waals surface area (Å²) in [7, 11) is 0. The van der Waals surface area contributed by atoms with Crippen LogP contribution < -0.4 is 10.2 Å². The lowest BCUT2D eigenvalue weighted by molar-refractivity contribution is -0.137. The van der Waals surface area contributed by atoms with Crippen molar-refractivity contribution in [1.29, 1.82) is 5.41 Å². The SMILES string of the molecule is CC(=O)NC[C@H]1CN(c2ccc(C(=N)CC(C)n3cc(-c4ccccc4C(F)(F)F)cn3)c(F)c2)C(=O)O1. The van der Waals surface area contributed by atoms with Crippen LogP contribution >= 0.6 is 0 Å². The Bertz CT molecular complexity index is 1370. The van der Waals surface area contributed by atoms with Crippen molar-refractivity contribution >= 4 is 23.4 Å². The van der Waals surface area contributed by atoms with E-state index in [0.29, 0.717) is 0 Å². The molecule has 1 aromatic heterocycles. The molecule has 0 radical (unpaired) electrons. The average Bonchev–Trinajstić information content (AvgIpc) is 3.49. The second-order valence-electron chi connectivity index (χ2n) is 9.00. The highest BCUT2D eigenvalue weighted by molar-refractivity contribution is 5.99. The predicted molar refractivity (Wildman–Crippen MR) is 132 cm³/mol. The minimum absolute atomic E-state index is 0.00471. The molecule has 2 aromatic carbocycles. The van der Waals surface area contributed by atoms with Gasteiger partial charge in [0.1, 0.15) is 11.9 Å². The Hall–Kier alpha value is -4.22. The normalized spacial score (nSPS) is 16.3. The number of hydrogen-bond donors (Lipinski definition) is 2. The van der Waals surface area contributed by atoms with Crippen molar-refractivity contribution in [3.05, 3.63) is 71.8 Å². The lowest BCUT2D eigenvalue weighted by Gasteiger charge is -2.16. The van der Waals surface area contributed by atoms with Crippen molar-refractivity contribution in [1.82, 2.24) is 15.1 Å². The van der Waals surface area contributed by atoms with E-state index in [-0.39, 0.29) is 53.5 Å². The first kappa shape index (κ1) is 26.8. The number of amides is 2. The average molecular weight is 532 g/mol. The van der Waals surface area contributed by atoms with Gasteiger partial charge in [0.15, 0.2) is 0 Å². The fourth-order valence-electron chi connectivity index (χ4n) is 4.21. The molecule has 1 saturated heterocycles. The number of aromatic nitrogens is 2. The number of benzene rings is 2. The maximum Gasteiger partial charge on any atom is 0.417 e. The Kier molecular flexibility index (Phi) is 7.51. The highest BCUT2D eigenvalue weighted by atomic mass is 19.4. The van der Waals surface area contributed by atoms with E-state index in [1.165, 1.54) is 59.2 Å². The molecule has 2 atom stereocenters. The first-order chi connectivity index (χ1) is 17.9. The number of rotatable bonds is 8. The summed E-state index contributed by atoms with van der Waals surface area (Å²) in [6.07, 6.45) is -2.91. The number of nitrogens with zero attached hydrogens (tertiary/aromatic N) is 3. The summed E-state index contributed by atoms with van der Waals surface area (Å²) in [5.74, 6) is -0.974. The van der Waals surface area contributed by atoms with Crippen LogP contribution in [0.1, 0.15) is 37.4 Å². The molecule has 200 valence electrons. The van der Waals surface area contributed by atoms with Crippen LogP contribution in [0.2, 0.25) is 0 Å². The molecule has 0 aliphatic carbocycles. The quantitative estimate of drug-likeness (QED) is 0.309. The second kappa shape index (κ2) is 10.6. The van der Waals surface area contributed by atoms with Gasteiger partial charge in [0.2, 0.25) is 5.91 Å². The zero-order chi connectivity index (χ0) is 27.6. The van der Waals surface area contributed by atoms with Gasteiger partial charge in [-0.15, -0.1) is 0 Å². The number of hydrogen-bond acceptors (Lipinski definition) is 5. The van der Waals surface area contributed by atoms with Crippen LogP contribution in [0, 0.1) is 11.2 Å². The third-order valence-corrected chi connectivity index (χ3v) is 6.14. The summed E-state index contributed by atoms with van der Waals surface area (Å²) < 4.78 is 61.8. The molecule has 0 spiro atoms. The van der Waals surface area contributed by atoms with Gasteiger partial charge in [-0.25, -0.2) is 9.18 Å². The van der Waals surface area contributed by atoms with E-state index in [2.05, 4.69) is 10.4 Å². The number of alkyl halides is 3. The Morgan fingerprint density at radius 3 is 2.68 bits per heavy atom. The molecule has 1 fully saturated rings. The van der Waals surface area contributed by atoms with Gasteiger partial charge < -0.3 is 15.5 Å². The predicted octanol–water partition coefficient (Wildman–Crippen LogP) is 5.19. The van der Waals surface area contributed by atoms with E-state index in [1.807, 2.05) is 0 Å². The van der Waals surface area contributed by atoms with Gasteiger partial charge in [-0.3, -0.25) is 14.4 Å². The van der Waals surface area contributed by atoms with Crippen molar-refractivity contribution in [3.63, 3.8) is 0 Å². The van der Waals surface area contributed by atoms with E-state index >= 15 is 0 Å². The highest BCUT2D eigenvalue weighted by Crippen LogP contribution is 2.37. The maximum absolute atomic E-state index is 15.0. The van der Waals surface area contributed by atoms with E-state index in [9.17, 15) is 27.2 Å². The first-order valence-electron chi connectivity index (χ1n) is 11.7. The molecule has 1 unspecified atom stereocenters. The van der Waals surface area contributed by atoms with Gasteiger partial charge in [0.05, 0.1) is 36.6 Å². The Balaban J connectivity index is 1.44. The summed E-state index contributed by atoms with van der Waals surface area (Å²) in [5, 5.41) is 15.1. The van der Waals surface area contributed by atoms with Gasteiger partial charge >= 0.3 is 12.3 Å². The molecule has 1 aliphatic heterocycles. The molecular weight excluding hydrogens is 506 g/mol. The molecule has 38 heavy (non-hydrogen) atoms. The van der Waals surface area contributed by atoms with E-state index in [0.717, 1.165) is 12.1 Å². The lowest BCUT2D eigenvalue weighted by atomic mass is 10.0. The Morgan fingerprint density at radius 1 is 1.26 bits per heavy atom. The molecule has 4 rings (SSSR count). The van der Waals surface area contributed by atoms with Crippen LogP contribution in [0.25, 0.3) is 11.1 Å². The summed E-state index contributed by atoms with van der Waals surface area (Å²) in [6, 6.07) is 8.78. The monoisotopic (exact) mass is 531 g/mol. The van der Waals surface area contributed by atoms with Crippen molar-refractivity contribution in [3.8, 4) is 11.1 Å².